The van der Waals surface area contributed by atoms with Gasteiger partial charge in [-0.15, -0.1) is 0 Å². The second-order valence-corrected chi connectivity index (χ2v) is 8.99. The van der Waals surface area contributed by atoms with E-state index in [2.05, 4.69) is 5.16 Å². The molecule has 0 fully saturated rings. The average Bonchev–Trinajstić information content (AvgIpc) is 2.63. The Balaban J connectivity index is 2.36. The van der Waals surface area contributed by atoms with Gasteiger partial charge in [0.25, 0.3) is 0 Å². The molecule has 5 nitrogen and oxygen atoms in total. The van der Waals surface area contributed by atoms with Gasteiger partial charge in [-0.2, -0.15) is 21.6 Å². The number of nitrogens with zero attached hydrogens (tertiary/aromatic N) is 1. The SMILES string of the molecule is CCC/C(=N\OCc1ccc(Cl)cc1Cl)c1cc(Cl)ccc1NS(=O)(=O)C(F)(F)F. The number of anilines is 1. The minimum absolute atomic E-state index is 0.0343. The molecule has 0 atom stereocenters. The van der Waals surface area contributed by atoms with E-state index in [-0.39, 0.29) is 35.0 Å². The monoisotopic (exact) mass is 502 g/mol. The Morgan fingerprint density at radius 2 is 1.73 bits per heavy atom. The predicted molar refractivity (Wildman–Crippen MR) is 113 cm³/mol. The maximum Gasteiger partial charge on any atom is 0.516 e. The third-order valence-electron chi connectivity index (χ3n) is 3.74. The van der Waals surface area contributed by atoms with Crippen molar-refractivity contribution in [1.29, 1.82) is 0 Å². The van der Waals surface area contributed by atoms with Gasteiger partial charge >= 0.3 is 15.5 Å². The number of hydrogen-bond acceptors (Lipinski definition) is 4. The van der Waals surface area contributed by atoms with Gasteiger partial charge in [-0.05, 0) is 36.8 Å². The van der Waals surface area contributed by atoms with Crippen LogP contribution in [0.2, 0.25) is 15.1 Å². The molecule has 2 aromatic carbocycles. The molecule has 0 unspecified atom stereocenters. The fourth-order valence-corrected chi connectivity index (χ4v) is 3.55. The first-order valence-electron chi connectivity index (χ1n) is 8.46. The highest BCUT2D eigenvalue weighted by molar-refractivity contribution is 7.93. The zero-order chi connectivity index (χ0) is 22.5. The number of nitrogens with one attached hydrogen (secondary N) is 1. The number of benzene rings is 2. The number of alkyl halides is 3. The van der Waals surface area contributed by atoms with E-state index in [1.54, 1.807) is 12.1 Å². The van der Waals surface area contributed by atoms with Gasteiger partial charge in [-0.1, -0.05) is 59.4 Å². The van der Waals surface area contributed by atoms with E-state index in [0.29, 0.717) is 22.0 Å². The van der Waals surface area contributed by atoms with Gasteiger partial charge in [0, 0.05) is 26.2 Å². The summed E-state index contributed by atoms with van der Waals surface area (Å²) in [6.45, 7) is 1.78. The smallest absolute Gasteiger partial charge is 0.391 e. The summed E-state index contributed by atoms with van der Waals surface area (Å²) in [5.74, 6) is 0. The Labute approximate surface area is 186 Å². The van der Waals surface area contributed by atoms with Crippen LogP contribution in [0.4, 0.5) is 18.9 Å². The summed E-state index contributed by atoms with van der Waals surface area (Å²) in [5, 5.41) is 4.97. The maximum absolute atomic E-state index is 12.8. The van der Waals surface area contributed by atoms with Crippen molar-refractivity contribution in [2.45, 2.75) is 31.9 Å². The van der Waals surface area contributed by atoms with E-state index in [1.165, 1.54) is 22.9 Å². The van der Waals surface area contributed by atoms with E-state index in [0.717, 1.165) is 6.07 Å². The maximum atomic E-state index is 12.8. The van der Waals surface area contributed by atoms with Crippen molar-refractivity contribution in [3.05, 3.63) is 62.6 Å². The second kappa shape index (κ2) is 10.1. The topological polar surface area (TPSA) is 67.8 Å². The fraction of sp³-hybridized carbons (Fsp3) is 0.278. The molecule has 0 bridgehead atoms. The lowest BCUT2D eigenvalue weighted by atomic mass is 10.0. The quantitative estimate of drug-likeness (QED) is 0.325. The van der Waals surface area contributed by atoms with Crippen LogP contribution in [0.5, 0.6) is 0 Å². The van der Waals surface area contributed by atoms with Crippen LogP contribution < -0.4 is 4.72 Å². The van der Waals surface area contributed by atoms with E-state index in [4.69, 9.17) is 39.6 Å². The Hall–Kier alpha value is -1.68. The van der Waals surface area contributed by atoms with Gasteiger partial charge in [-0.3, -0.25) is 4.72 Å². The summed E-state index contributed by atoms with van der Waals surface area (Å²) >= 11 is 17.9. The second-order valence-electron chi connectivity index (χ2n) is 6.04. The molecule has 2 rings (SSSR count). The van der Waals surface area contributed by atoms with Gasteiger partial charge in [0.1, 0.15) is 6.61 Å². The molecule has 30 heavy (non-hydrogen) atoms. The zero-order valence-corrected chi connectivity index (χ0v) is 18.5. The van der Waals surface area contributed by atoms with Crippen LogP contribution >= 0.6 is 34.8 Å². The normalized spacial score (nSPS) is 12.7. The Kier molecular flexibility index (Phi) is 8.27. The highest BCUT2D eigenvalue weighted by atomic mass is 35.5. The summed E-state index contributed by atoms with van der Waals surface area (Å²) in [6.07, 6.45) is 0.845. The minimum Gasteiger partial charge on any atom is -0.391 e. The van der Waals surface area contributed by atoms with Crippen LogP contribution in [0, 0.1) is 0 Å². The summed E-state index contributed by atoms with van der Waals surface area (Å²) in [4.78, 5) is 5.32. The molecule has 0 aliphatic carbocycles. The van der Waals surface area contributed by atoms with Crippen molar-refractivity contribution < 1.29 is 26.4 Å². The van der Waals surface area contributed by atoms with Crippen molar-refractivity contribution in [2.24, 2.45) is 5.16 Å². The largest absolute Gasteiger partial charge is 0.516 e. The lowest BCUT2D eigenvalue weighted by molar-refractivity contribution is -0.0429. The van der Waals surface area contributed by atoms with Crippen molar-refractivity contribution in [1.82, 2.24) is 0 Å². The molecule has 0 radical (unpaired) electrons. The van der Waals surface area contributed by atoms with E-state index in [9.17, 15) is 21.6 Å². The van der Waals surface area contributed by atoms with E-state index in [1.807, 2.05) is 6.92 Å². The number of halogens is 6. The van der Waals surface area contributed by atoms with Crippen molar-refractivity contribution in [3.63, 3.8) is 0 Å². The highest BCUT2D eigenvalue weighted by Gasteiger charge is 2.46. The molecule has 0 spiro atoms. The van der Waals surface area contributed by atoms with Crippen molar-refractivity contribution in [2.75, 3.05) is 4.72 Å². The van der Waals surface area contributed by atoms with Gasteiger partial charge in [0.2, 0.25) is 0 Å². The standard InChI is InChI=1S/C18H16Cl3F3N2O3S/c1-2-3-16(25-29-10-11-4-5-13(20)9-15(11)21)14-8-12(19)6-7-17(14)26-30(27,28)18(22,23)24/h4-9,26H,2-3,10H2,1H3/b25-16+. The third-order valence-corrected chi connectivity index (χ3v) is 5.66. The van der Waals surface area contributed by atoms with Crippen LogP contribution in [0.3, 0.4) is 0 Å². The molecule has 1 N–H and O–H groups in total. The van der Waals surface area contributed by atoms with Crippen molar-refractivity contribution >= 4 is 56.2 Å². The molecule has 0 aliphatic rings. The minimum atomic E-state index is -5.63. The lowest BCUT2D eigenvalue weighted by Crippen LogP contribution is -2.30. The molecule has 2 aromatic rings. The number of sulfonamides is 1. The zero-order valence-electron chi connectivity index (χ0n) is 15.4. The Morgan fingerprint density at radius 3 is 2.33 bits per heavy atom. The van der Waals surface area contributed by atoms with E-state index >= 15 is 0 Å². The number of hydrogen-bond donors (Lipinski definition) is 1. The Bertz CT molecular complexity index is 1040. The summed E-state index contributed by atoms with van der Waals surface area (Å²) in [5.41, 5.74) is -4.93. The first-order chi connectivity index (χ1) is 13.9. The first-order valence-corrected chi connectivity index (χ1v) is 11.1. The summed E-state index contributed by atoms with van der Waals surface area (Å²) < 4.78 is 63.0. The van der Waals surface area contributed by atoms with Crippen LogP contribution in [0.1, 0.15) is 30.9 Å². The molecule has 0 heterocycles. The molecular formula is C18H16Cl3F3N2O3S. The lowest BCUT2D eigenvalue weighted by Gasteiger charge is -2.15. The number of oxime groups is 1. The number of rotatable bonds is 8. The first kappa shape index (κ1) is 24.6. The molecule has 0 aromatic heterocycles. The molecule has 12 heteroatoms. The molecule has 0 saturated heterocycles. The summed E-state index contributed by atoms with van der Waals surface area (Å²) in [7, 11) is -5.63. The highest BCUT2D eigenvalue weighted by Crippen LogP contribution is 2.30. The van der Waals surface area contributed by atoms with Crippen LogP contribution in [0.25, 0.3) is 0 Å². The average molecular weight is 504 g/mol. The molecule has 0 saturated carbocycles. The van der Waals surface area contributed by atoms with Gasteiger partial charge < -0.3 is 4.84 Å². The molecule has 164 valence electrons. The van der Waals surface area contributed by atoms with Gasteiger partial charge in [-0.25, -0.2) is 0 Å². The summed E-state index contributed by atoms with van der Waals surface area (Å²) in [6, 6.07) is 8.48. The third kappa shape index (κ3) is 6.41. The van der Waals surface area contributed by atoms with Crippen molar-refractivity contribution in [3.8, 4) is 0 Å². The predicted octanol–water partition coefficient (Wildman–Crippen LogP) is 6.63. The Morgan fingerprint density at radius 1 is 1.10 bits per heavy atom. The molecule has 0 aliphatic heterocycles. The van der Waals surface area contributed by atoms with Crippen LogP contribution in [-0.2, 0) is 21.5 Å². The molecular weight excluding hydrogens is 488 g/mol. The van der Waals surface area contributed by atoms with Gasteiger partial charge in [0.05, 0.1) is 11.4 Å². The fourth-order valence-electron chi connectivity index (χ4n) is 2.33. The molecule has 0 amide bonds. The van der Waals surface area contributed by atoms with Crippen LogP contribution in [0.15, 0.2) is 41.6 Å². The van der Waals surface area contributed by atoms with Gasteiger partial charge in [0.15, 0.2) is 0 Å². The van der Waals surface area contributed by atoms with E-state index < -0.39 is 15.5 Å². The van der Waals surface area contributed by atoms with Crippen LogP contribution in [-0.4, -0.2) is 19.6 Å².